The molecule has 0 atom stereocenters. The number of thioether (sulfide) groups is 1. The lowest BCUT2D eigenvalue weighted by atomic mass is 10.1. The van der Waals surface area contributed by atoms with Crippen molar-refractivity contribution in [3.63, 3.8) is 0 Å². The maximum absolute atomic E-state index is 13.0. The molecular weight excluding hydrogens is 514 g/mol. The summed E-state index contributed by atoms with van der Waals surface area (Å²) in [7, 11) is 0. The molecule has 3 aromatic rings. The maximum Gasteiger partial charge on any atom is 0.266 e. The summed E-state index contributed by atoms with van der Waals surface area (Å²) in [6, 6.07) is 22.8. The Hall–Kier alpha value is -3.00. The molecule has 0 aliphatic carbocycles. The first kappa shape index (κ1) is 26.1. The molecule has 1 amide bonds. The Labute approximate surface area is 226 Å². The summed E-state index contributed by atoms with van der Waals surface area (Å²) in [6.07, 6.45) is 2.52. The smallest absolute Gasteiger partial charge is 0.266 e. The number of rotatable bonds is 11. The molecule has 8 heteroatoms. The van der Waals surface area contributed by atoms with E-state index in [1.54, 1.807) is 11.0 Å². The van der Waals surface area contributed by atoms with Crippen molar-refractivity contribution in [2.75, 3.05) is 19.8 Å². The van der Waals surface area contributed by atoms with Gasteiger partial charge in [0.1, 0.15) is 10.1 Å². The van der Waals surface area contributed by atoms with E-state index in [0.29, 0.717) is 64.3 Å². The van der Waals surface area contributed by atoms with Gasteiger partial charge in [-0.2, -0.15) is 0 Å². The summed E-state index contributed by atoms with van der Waals surface area (Å²) < 4.78 is 18.0. The van der Waals surface area contributed by atoms with Gasteiger partial charge < -0.3 is 14.2 Å². The van der Waals surface area contributed by atoms with E-state index in [1.807, 2.05) is 79.7 Å². The number of ether oxygens (including phenoxy) is 3. The second-order valence-corrected chi connectivity index (χ2v) is 9.96. The average Bonchev–Trinajstić information content (AvgIpc) is 3.14. The maximum atomic E-state index is 13.0. The average molecular weight is 540 g/mol. The number of hydrogen-bond donors (Lipinski definition) is 0. The van der Waals surface area contributed by atoms with Crippen molar-refractivity contribution in [1.82, 2.24) is 4.90 Å². The number of para-hydroxylation sites is 1. The van der Waals surface area contributed by atoms with Gasteiger partial charge >= 0.3 is 0 Å². The first-order valence-electron chi connectivity index (χ1n) is 11.6. The van der Waals surface area contributed by atoms with Crippen LogP contribution in [0, 0.1) is 0 Å². The number of carbonyl (C=O) groups excluding carboxylic acids is 1. The van der Waals surface area contributed by atoms with Crippen LogP contribution in [0.25, 0.3) is 6.08 Å². The molecule has 1 aliphatic rings. The van der Waals surface area contributed by atoms with Gasteiger partial charge in [0.2, 0.25) is 0 Å². The van der Waals surface area contributed by atoms with Crippen molar-refractivity contribution < 1.29 is 19.0 Å². The molecule has 5 nitrogen and oxygen atoms in total. The van der Waals surface area contributed by atoms with E-state index in [1.165, 1.54) is 11.8 Å². The highest BCUT2D eigenvalue weighted by Crippen LogP contribution is 2.35. The summed E-state index contributed by atoms with van der Waals surface area (Å²) in [6.45, 7) is 3.82. The Bertz CT molecular complexity index is 1250. The van der Waals surface area contributed by atoms with Crippen molar-refractivity contribution >= 4 is 51.9 Å². The van der Waals surface area contributed by atoms with Crippen LogP contribution in [0.4, 0.5) is 0 Å². The minimum atomic E-state index is -0.0920. The minimum Gasteiger partial charge on any atom is -0.492 e. The van der Waals surface area contributed by atoms with Crippen molar-refractivity contribution in [3.8, 4) is 17.2 Å². The van der Waals surface area contributed by atoms with Gasteiger partial charge in [-0.3, -0.25) is 9.69 Å². The predicted molar refractivity (Wildman–Crippen MR) is 150 cm³/mol. The Morgan fingerprint density at radius 3 is 2.39 bits per heavy atom. The third-order valence-electron chi connectivity index (χ3n) is 5.26. The van der Waals surface area contributed by atoms with Gasteiger partial charge in [0.15, 0.2) is 11.5 Å². The van der Waals surface area contributed by atoms with Crippen molar-refractivity contribution in [2.45, 2.75) is 19.9 Å². The Morgan fingerprint density at radius 1 is 0.917 bits per heavy atom. The van der Waals surface area contributed by atoms with Gasteiger partial charge in [-0.25, -0.2) is 0 Å². The van der Waals surface area contributed by atoms with Crippen molar-refractivity contribution in [2.24, 2.45) is 0 Å². The number of thiocarbonyl (C=S) groups is 1. The Balaban J connectivity index is 1.37. The van der Waals surface area contributed by atoms with Crippen LogP contribution in [-0.2, 0) is 11.3 Å². The summed E-state index contributed by atoms with van der Waals surface area (Å²) in [4.78, 5) is 15.2. The summed E-state index contributed by atoms with van der Waals surface area (Å²) in [5, 5.41) is 0.588. The zero-order valence-electron chi connectivity index (χ0n) is 19.8. The van der Waals surface area contributed by atoms with Crippen LogP contribution in [0.1, 0.15) is 24.5 Å². The molecule has 36 heavy (non-hydrogen) atoms. The highest BCUT2D eigenvalue weighted by Gasteiger charge is 2.32. The van der Waals surface area contributed by atoms with Crippen LogP contribution in [0.5, 0.6) is 17.2 Å². The van der Waals surface area contributed by atoms with Crippen molar-refractivity contribution in [3.05, 3.63) is 93.9 Å². The highest BCUT2D eigenvalue weighted by molar-refractivity contribution is 8.26. The van der Waals surface area contributed by atoms with Crippen LogP contribution in [0.3, 0.4) is 0 Å². The first-order valence-corrected chi connectivity index (χ1v) is 13.2. The molecule has 0 radical (unpaired) electrons. The lowest BCUT2D eigenvalue weighted by Gasteiger charge is -2.14. The fraction of sp³-hybridized carbons (Fsp3) is 0.214. The Morgan fingerprint density at radius 2 is 1.64 bits per heavy atom. The molecule has 1 fully saturated rings. The van der Waals surface area contributed by atoms with Crippen LogP contribution < -0.4 is 14.2 Å². The summed E-state index contributed by atoms with van der Waals surface area (Å²) in [5.74, 6) is 1.83. The topological polar surface area (TPSA) is 48.0 Å². The molecule has 1 aliphatic heterocycles. The van der Waals surface area contributed by atoms with Crippen LogP contribution >= 0.6 is 35.6 Å². The van der Waals surface area contributed by atoms with E-state index in [2.05, 4.69) is 0 Å². The molecule has 0 aromatic heterocycles. The van der Waals surface area contributed by atoms with Gasteiger partial charge in [0.25, 0.3) is 5.91 Å². The summed E-state index contributed by atoms with van der Waals surface area (Å²) >= 11 is 12.9. The second-order valence-electron chi connectivity index (χ2n) is 7.87. The van der Waals surface area contributed by atoms with Gasteiger partial charge in [-0.1, -0.05) is 84.1 Å². The van der Waals surface area contributed by atoms with Crippen LogP contribution in [0.2, 0.25) is 5.02 Å². The van der Waals surface area contributed by atoms with E-state index in [4.69, 9.17) is 38.0 Å². The molecule has 0 N–H and O–H groups in total. The molecule has 0 bridgehead atoms. The highest BCUT2D eigenvalue weighted by atomic mass is 35.5. The van der Waals surface area contributed by atoms with Gasteiger partial charge in [0, 0.05) is 6.42 Å². The molecule has 1 heterocycles. The molecule has 186 valence electrons. The normalized spacial score (nSPS) is 14.4. The molecule has 0 saturated carbocycles. The molecule has 0 unspecified atom stereocenters. The fourth-order valence-corrected chi connectivity index (χ4v) is 4.99. The van der Waals surface area contributed by atoms with Gasteiger partial charge in [-0.15, -0.1) is 0 Å². The molecule has 0 spiro atoms. The molecule has 4 rings (SSSR count). The molecule has 3 aromatic carbocycles. The minimum absolute atomic E-state index is 0.0920. The zero-order chi connectivity index (χ0) is 25.3. The lowest BCUT2D eigenvalue weighted by molar-refractivity contribution is -0.122. The predicted octanol–water partition coefficient (Wildman–Crippen LogP) is 6.99. The van der Waals surface area contributed by atoms with Crippen LogP contribution in [-0.4, -0.2) is 34.9 Å². The first-order chi connectivity index (χ1) is 17.5. The lowest BCUT2D eigenvalue weighted by Crippen LogP contribution is -2.27. The quantitative estimate of drug-likeness (QED) is 0.149. The van der Waals surface area contributed by atoms with Gasteiger partial charge in [-0.05, 0) is 48.4 Å². The van der Waals surface area contributed by atoms with Crippen LogP contribution in [0.15, 0.2) is 77.7 Å². The third-order valence-corrected chi connectivity index (χ3v) is 6.95. The standard InChI is InChI=1S/C28H26ClNO4S2/c1-2-32-25-17-21(13-14-24(25)34-16-8-15-33-23-12-7-6-11-22(23)29)18-26-27(31)30(28(35)36-26)19-20-9-4-3-5-10-20/h3-7,9-14,17-18H,2,8,15-16,19H2,1H3. The number of benzene rings is 3. The Kier molecular flexibility index (Phi) is 9.28. The number of hydrogen-bond acceptors (Lipinski definition) is 6. The van der Waals surface area contributed by atoms with Gasteiger partial charge in [0.05, 0.1) is 36.3 Å². The zero-order valence-corrected chi connectivity index (χ0v) is 22.2. The van der Waals surface area contributed by atoms with Crippen molar-refractivity contribution in [1.29, 1.82) is 0 Å². The van der Waals surface area contributed by atoms with E-state index in [9.17, 15) is 4.79 Å². The second kappa shape index (κ2) is 12.8. The largest absolute Gasteiger partial charge is 0.492 e. The third kappa shape index (κ3) is 6.81. The van der Waals surface area contributed by atoms with E-state index < -0.39 is 0 Å². The number of nitrogens with zero attached hydrogens (tertiary/aromatic N) is 1. The number of carbonyl (C=O) groups is 1. The SMILES string of the molecule is CCOc1cc(C=C2SC(=S)N(Cc3ccccc3)C2=O)ccc1OCCCOc1ccccc1Cl. The summed E-state index contributed by atoms with van der Waals surface area (Å²) in [5.41, 5.74) is 1.88. The fourth-order valence-electron chi connectivity index (χ4n) is 3.54. The molecule has 1 saturated heterocycles. The number of amides is 1. The van der Waals surface area contributed by atoms with E-state index in [-0.39, 0.29) is 5.91 Å². The monoisotopic (exact) mass is 539 g/mol. The van der Waals surface area contributed by atoms with E-state index >= 15 is 0 Å². The number of halogens is 1. The van der Waals surface area contributed by atoms with E-state index in [0.717, 1.165) is 11.1 Å². The molecular formula is C28H26ClNO4S2.